The van der Waals surface area contributed by atoms with Crippen LogP contribution in [0.4, 0.5) is 11.4 Å². The minimum Gasteiger partial charge on any atom is -0.399 e. The van der Waals surface area contributed by atoms with Gasteiger partial charge in [-0.2, -0.15) is 0 Å². The molecule has 1 aromatic heterocycles. The van der Waals surface area contributed by atoms with Gasteiger partial charge in [-0.25, -0.2) is 13.4 Å². The first-order valence-corrected chi connectivity index (χ1v) is 7.73. The highest BCUT2D eigenvalue weighted by molar-refractivity contribution is 7.92. The Hall–Kier alpha value is -1.50. The smallest absolute Gasteiger partial charge is 0.263 e. The predicted octanol–water partition coefficient (Wildman–Crippen LogP) is 3.08. The monoisotopic (exact) mass is 331 g/mol. The van der Waals surface area contributed by atoms with E-state index in [1.165, 1.54) is 24.4 Å². The van der Waals surface area contributed by atoms with Crippen molar-refractivity contribution >= 4 is 44.6 Å². The van der Waals surface area contributed by atoms with Crippen molar-refractivity contribution in [1.82, 2.24) is 4.98 Å². The summed E-state index contributed by atoms with van der Waals surface area (Å²) in [6, 6.07) is 5.77. The van der Waals surface area contributed by atoms with Crippen molar-refractivity contribution in [2.24, 2.45) is 0 Å². The Balaban J connectivity index is 2.38. The quantitative estimate of drug-likeness (QED) is 0.668. The van der Waals surface area contributed by atoms with Crippen molar-refractivity contribution in [1.29, 1.82) is 0 Å². The highest BCUT2D eigenvalue weighted by atomic mass is 35.5. The van der Waals surface area contributed by atoms with Crippen molar-refractivity contribution in [3.63, 3.8) is 0 Å². The van der Waals surface area contributed by atoms with Gasteiger partial charge in [0.25, 0.3) is 10.0 Å². The maximum atomic E-state index is 12.2. The molecule has 0 amide bonds. The molecule has 3 N–H and O–H groups in total. The molecule has 0 bridgehead atoms. The van der Waals surface area contributed by atoms with Gasteiger partial charge in [0.1, 0.15) is 10.0 Å². The van der Waals surface area contributed by atoms with Crippen LogP contribution >= 0.6 is 23.2 Å². The largest absolute Gasteiger partial charge is 0.399 e. The first-order chi connectivity index (χ1) is 9.29. The minimum absolute atomic E-state index is 0.0520. The topological polar surface area (TPSA) is 85.1 Å². The average molecular weight is 332 g/mol. The average Bonchev–Trinajstić information content (AvgIpc) is 2.33. The van der Waals surface area contributed by atoms with Crippen LogP contribution in [0.25, 0.3) is 0 Å². The van der Waals surface area contributed by atoms with E-state index in [4.69, 9.17) is 28.9 Å². The molecule has 0 aliphatic rings. The third-order valence-electron chi connectivity index (χ3n) is 2.51. The standard InChI is InChI=1S/C12H11Cl2N3O2S/c1-7-4-9(6-16-12(7)14)17-20(18,19)11-3-2-8(15)5-10(11)13/h2-6,17H,15H2,1H3. The second kappa shape index (κ2) is 5.47. The van der Waals surface area contributed by atoms with Crippen molar-refractivity contribution in [3.8, 4) is 0 Å². The normalized spacial score (nSPS) is 11.3. The number of benzene rings is 1. The number of nitrogens with two attached hydrogens (primary N) is 1. The molecule has 0 aliphatic heterocycles. The molecule has 8 heteroatoms. The molecule has 0 fully saturated rings. The number of nitrogen functional groups attached to an aromatic ring is 1. The summed E-state index contributed by atoms with van der Waals surface area (Å²) >= 11 is 11.7. The van der Waals surface area contributed by atoms with Crippen LogP contribution in [0.5, 0.6) is 0 Å². The van der Waals surface area contributed by atoms with E-state index in [0.29, 0.717) is 22.1 Å². The molecule has 0 saturated heterocycles. The van der Waals surface area contributed by atoms with Gasteiger partial charge in [0.15, 0.2) is 0 Å². The number of hydrogen-bond acceptors (Lipinski definition) is 4. The summed E-state index contributed by atoms with van der Waals surface area (Å²) in [5.41, 5.74) is 6.89. The molecule has 5 nitrogen and oxygen atoms in total. The summed E-state index contributed by atoms with van der Waals surface area (Å²) in [5.74, 6) is 0. The molecule has 0 radical (unpaired) electrons. The number of rotatable bonds is 3. The zero-order valence-corrected chi connectivity index (χ0v) is 12.7. The van der Waals surface area contributed by atoms with E-state index in [-0.39, 0.29) is 9.92 Å². The van der Waals surface area contributed by atoms with Gasteiger partial charge in [-0.1, -0.05) is 23.2 Å². The number of aryl methyl sites for hydroxylation is 1. The van der Waals surface area contributed by atoms with Crippen LogP contribution in [0.1, 0.15) is 5.56 Å². The number of anilines is 2. The molecule has 0 saturated carbocycles. The predicted molar refractivity (Wildman–Crippen MR) is 80.7 cm³/mol. The number of pyridine rings is 1. The molecule has 2 rings (SSSR count). The molecule has 1 aromatic carbocycles. The fourth-order valence-corrected chi connectivity index (χ4v) is 3.25. The van der Waals surface area contributed by atoms with Gasteiger partial charge in [0, 0.05) is 5.69 Å². The Kier molecular flexibility index (Phi) is 4.08. The summed E-state index contributed by atoms with van der Waals surface area (Å²) < 4.78 is 26.9. The Labute approximate surface area is 126 Å². The number of halogens is 2. The molecule has 106 valence electrons. The van der Waals surface area contributed by atoms with E-state index >= 15 is 0 Å². The van der Waals surface area contributed by atoms with Crippen molar-refractivity contribution in [2.75, 3.05) is 10.5 Å². The molecule has 1 heterocycles. The Bertz CT molecular complexity index is 763. The van der Waals surface area contributed by atoms with E-state index < -0.39 is 10.0 Å². The third kappa shape index (κ3) is 3.15. The number of nitrogens with one attached hydrogen (secondary N) is 1. The number of hydrogen-bond donors (Lipinski definition) is 2. The van der Waals surface area contributed by atoms with Gasteiger partial charge in [-0.05, 0) is 36.8 Å². The molecule has 20 heavy (non-hydrogen) atoms. The summed E-state index contributed by atoms with van der Waals surface area (Å²) in [7, 11) is -3.81. The van der Waals surface area contributed by atoms with E-state index in [0.717, 1.165) is 0 Å². The lowest BCUT2D eigenvalue weighted by Crippen LogP contribution is -2.14. The van der Waals surface area contributed by atoms with Crippen LogP contribution in [-0.4, -0.2) is 13.4 Å². The van der Waals surface area contributed by atoms with Crippen LogP contribution < -0.4 is 10.5 Å². The van der Waals surface area contributed by atoms with Crippen LogP contribution in [0, 0.1) is 6.92 Å². The summed E-state index contributed by atoms with van der Waals surface area (Å²) in [5, 5.41) is 0.370. The Morgan fingerprint density at radius 1 is 1.25 bits per heavy atom. The van der Waals surface area contributed by atoms with Gasteiger partial charge in [0.2, 0.25) is 0 Å². The first-order valence-electron chi connectivity index (χ1n) is 5.49. The maximum absolute atomic E-state index is 12.2. The highest BCUT2D eigenvalue weighted by Crippen LogP contribution is 2.26. The van der Waals surface area contributed by atoms with Gasteiger partial charge in [-0.15, -0.1) is 0 Å². The van der Waals surface area contributed by atoms with Gasteiger partial charge < -0.3 is 5.73 Å². The van der Waals surface area contributed by atoms with Crippen molar-refractivity contribution in [2.45, 2.75) is 11.8 Å². The van der Waals surface area contributed by atoms with Crippen LogP contribution in [-0.2, 0) is 10.0 Å². The van der Waals surface area contributed by atoms with E-state index in [9.17, 15) is 8.42 Å². The molecule has 0 unspecified atom stereocenters. The Morgan fingerprint density at radius 2 is 1.95 bits per heavy atom. The summed E-state index contributed by atoms with van der Waals surface area (Å²) in [6.07, 6.45) is 1.33. The molecule has 0 aliphatic carbocycles. The molecule has 2 aromatic rings. The third-order valence-corrected chi connectivity index (χ3v) is 4.77. The van der Waals surface area contributed by atoms with Crippen LogP contribution in [0.2, 0.25) is 10.2 Å². The molecular formula is C12H11Cl2N3O2S. The molecular weight excluding hydrogens is 321 g/mol. The minimum atomic E-state index is -3.81. The van der Waals surface area contributed by atoms with Crippen molar-refractivity contribution < 1.29 is 8.42 Å². The number of sulfonamides is 1. The SMILES string of the molecule is Cc1cc(NS(=O)(=O)c2ccc(N)cc2Cl)cnc1Cl. The second-order valence-corrected chi connectivity index (χ2v) is 6.54. The van der Waals surface area contributed by atoms with E-state index in [1.807, 2.05) is 0 Å². The van der Waals surface area contributed by atoms with Crippen LogP contribution in [0.15, 0.2) is 35.4 Å². The molecule has 0 atom stereocenters. The van der Waals surface area contributed by atoms with E-state index in [1.54, 1.807) is 13.0 Å². The second-order valence-electron chi connectivity index (χ2n) is 4.13. The zero-order chi connectivity index (χ0) is 14.9. The van der Waals surface area contributed by atoms with Gasteiger partial charge in [-0.3, -0.25) is 4.72 Å². The Morgan fingerprint density at radius 3 is 2.55 bits per heavy atom. The lowest BCUT2D eigenvalue weighted by molar-refractivity contribution is 0.601. The fourth-order valence-electron chi connectivity index (χ4n) is 1.56. The van der Waals surface area contributed by atoms with E-state index in [2.05, 4.69) is 9.71 Å². The lowest BCUT2D eigenvalue weighted by Gasteiger charge is -2.10. The van der Waals surface area contributed by atoms with Crippen molar-refractivity contribution in [3.05, 3.63) is 46.2 Å². The number of aromatic nitrogens is 1. The number of nitrogens with zero attached hydrogens (tertiary/aromatic N) is 1. The summed E-state index contributed by atoms with van der Waals surface area (Å²) in [4.78, 5) is 3.82. The van der Waals surface area contributed by atoms with Crippen LogP contribution in [0.3, 0.4) is 0 Å². The highest BCUT2D eigenvalue weighted by Gasteiger charge is 2.18. The molecule has 0 spiro atoms. The summed E-state index contributed by atoms with van der Waals surface area (Å²) in [6.45, 7) is 1.73. The zero-order valence-electron chi connectivity index (χ0n) is 10.4. The van der Waals surface area contributed by atoms with Gasteiger partial charge in [0.05, 0.1) is 16.9 Å². The maximum Gasteiger partial charge on any atom is 0.263 e. The lowest BCUT2D eigenvalue weighted by atomic mass is 10.3. The van der Waals surface area contributed by atoms with Gasteiger partial charge >= 0.3 is 0 Å². The first kappa shape index (κ1) is 14.9. The fraction of sp³-hybridized carbons (Fsp3) is 0.0833.